The Kier molecular flexibility index (Phi) is 2.86. The standard InChI is InChI=1S/C10H12F2O/c1-8(2)10(11,12)13-9-6-4-3-5-7-9/h3-8H,1-2H3. The van der Waals surface area contributed by atoms with E-state index < -0.39 is 12.0 Å². The fourth-order valence-corrected chi connectivity index (χ4v) is 0.764. The molecule has 0 aliphatic heterocycles. The summed E-state index contributed by atoms with van der Waals surface area (Å²) in [4.78, 5) is 0. The van der Waals surface area contributed by atoms with E-state index in [9.17, 15) is 8.78 Å². The minimum atomic E-state index is -3.10. The van der Waals surface area contributed by atoms with Gasteiger partial charge in [-0.2, -0.15) is 8.78 Å². The van der Waals surface area contributed by atoms with E-state index >= 15 is 0 Å². The first-order valence-electron chi connectivity index (χ1n) is 4.14. The normalized spacial score (nSPS) is 11.8. The van der Waals surface area contributed by atoms with Crippen LogP contribution >= 0.6 is 0 Å². The van der Waals surface area contributed by atoms with Gasteiger partial charge in [0.25, 0.3) is 0 Å². The summed E-state index contributed by atoms with van der Waals surface area (Å²) in [5, 5.41) is 0. The molecule has 0 bridgehead atoms. The first-order chi connectivity index (χ1) is 6.02. The van der Waals surface area contributed by atoms with E-state index in [-0.39, 0.29) is 5.75 Å². The highest BCUT2D eigenvalue weighted by molar-refractivity contribution is 5.21. The predicted octanol–water partition coefficient (Wildman–Crippen LogP) is 3.31. The quantitative estimate of drug-likeness (QED) is 0.703. The zero-order valence-corrected chi connectivity index (χ0v) is 7.63. The first kappa shape index (κ1) is 9.96. The topological polar surface area (TPSA) is 9.23 Å². The Morgan fingerprint density at radius 2 is 1.69 bits per heavy atom. The summed E-state index contributed by atoms with van der Waals surface area (Å²) < 4.78 is 30.5. The van der Waals surface area contributed by atoms with Gasteiger partial charge < -0.3 is 4.74 Å². The number of rotatable bonds is 3. The summed E-state index contributed by atoms with van der Waals surface area (Å²) in [5.74, 6) is -0.631. The van der Waals surface area contributed by atoms with Gasteiger partial charge in [-0.3, -0.25) is 0 Å². The van der Waals surface area contributed by atoms with E-state index in [1.807, 2.05) is 0 Å². The molecule has 0 aromatic heterocycles. The lowest BCUT2D eigenvalue weighted by Gasteiger charge is -2.21. The van der Waals surface area contributed by atoms with Crippen molar-refractivity contribution in [3.8, 4) is 5.75 Å². The molecular weight excluding hydrogens is 174 g/mol. The van der Waals surface area contributed by atoms with Gasteiger partial charge in [0.05, 0.1) is 5.92 Å². The van der Waals surface area contributed by atoms with Gasteiger partial charge >= 0.3 is 6.11 Å². The third kappa shape index (κ3) is 2.68. The fourth-order valence-electron chi connectivity index (χ4n) is 0.764. The molecule has 1 rings (SSSR count). The van der Waals surface area contributed by atoms with E-state index in [4.69, 9.17) is 0 Å². The molecule has 0 amide bonds. The molecule has 1 aromatic rings. The fraction of sp³-hybridized carbons (Fsp3) is 0.400. The van der Waals surface area contributed by atoms with Crippen LogP contribution < -0.4 is 4.74 Å². The lowest BCUT2D eigenvalue weighted by molar-refractivity contribution is -0.207. The highest BCUT2D eigenvalue weighted by Crippen LogP contribution is 2.27. The molecule has 0 saturated carbocycles. The van der Waals surface area contributed by atoms with Gasteiger partial charge in [0.15, 0.2) is 0 Å². The smallest absolute Gasteiger partial charge is 0.400 e. The van der Waals surface area contributed by atoms with Crippen molar-refractivity contribution in [1.29, 1.82) is 0 Å². The maximum Gasteiger partial charge on any atom is 0.400 e. The zero-order chi connectivity index (χ0) is 9.90. The number of alkyl halides is 2. The van der Waals surface area contributed by atoms with Crippen molar-refractivity contribution in [1.82, 2.24) is 0 Å². The molecule has 0 fully saturated rings. The minimum absolute atomic E-state index is 0.196. The highest BCUT2D eigenvalue weighted by atomic mass is 19.3. The lowest BCUT2D eigenvalue weighted by Crippen LogP contribution is -2.30. The van der Waals surface area contributed by atoms with E-state index in [2.05, 4.69) is 4.74 Å². The summed E-state index contributed by atoms with van der Waals surface area (Å²) in [6, 6.07) is 8.09. The van der Waals surface area contributed by atoms with Gasteiger partial charge in [0.2, 0.25) is 0 Å². The van der Waals surface area contributed by atoms with Gasteiger partial charge in [-0.25, -0.2) is 0 Å². The summed E-state index contributed by atoms with van der Waals surface area (Å²) in [6.07, 6.45) is -3.10. The van der Waals surface area contributed by atoms with Gasteiger partial charge in [0, 0.05) is 0 Å². The molecule has 0 aliphatic carbocycles. The van der Waals surface area contributed by atoms with E-state index in [1.54, 1.807) is 18.2 Å². The summed E-state index contributed by atoms with van der Waals surface area (Å²) in [7, 11) is 0. The van der Waals surface area contributed by atoms with Crippen LogP contribution in [-0.4, -0.2) is 6.11 Å². The van der Waals surface area contributed by atoms with Crippen LogP contribution in [0, 0.1) is 5.92 Å². The van der Waals surface area contributed by atoms with Crippen molar-refractivity contribution >= 4 is 0 Å². The molecule has 0 atom stereocenters. The Hall–Kier alpha value is -1.12. The molecule has 1 nitrogen and oxygen atoms in total. The molecule has 1 aromatic carbocycles. The second-order valence-corrected chi connectivity index (χ2v) is 3.13. The van der Waals surface area contributed by atoms with Crippen LogP contribution in [0.25, 0.3) is 0 Å². The van der Waals surface area contributed by atoms with Crippen LogP contribution in [0.2, 0.25) is 0 Å². The van der Waals surface area contributed by atoms with E-state index in [0.29, 0.717) is 0 Å². The molecule has 0 radical (unpaired) electrons. The molecule has 0 heterocycles. The van der Waals surface area contributed by atoms with Crippen LogP contribution in [0.3, 0.4) is 0 Å². The van der Waals surface area contributed by atoms with E-state index in [0.717, 1.165) is 0 Å². The minimum Gasteiger partial charge on any atom is -0.432 e. The third-order valence-electron chi connectivity index (χ3n) is 1.67. The number of ether oxygens (including phenoxy) is 1. The van der Waals surface area contributed by atoms with Crippen LogP contribution in [0.5, 0.6) is 5.75 Å². The predicted molar refractivity (Wildman–Crippen MR) is 46.9 cm³/mol. The summed E-state index contributed by atoms with van der Waals surface area (Å²) in [6.45, 7) is 2.84. The number of hydrogen-bond donors (Lipinski definition) is 0. The second kappa shape index (κ2) is 3.73. The maximum absolute atomic E-state index is 13.0. The Balaban J connectivity index is 2.69. The van der Waals surface area contributed by atoms with Crippen LogP contribution in [0.1, 0.15) is 13.8 Å². The number of para-hydroxylation sites is 1. The van der Waals surface area contributed by atoms with Crippen molar-refractivity contribution in [2.75, 3.05) is 0 Å². The molecule has 13 heavy (non-hydrogen) atoms. The Bertz CT molecular complexity index is 257. The van der Waals surface area contributed by atoms with Crippen LogP contribution in [-0.2, 0) is 0 Å². The molecule has 0 aliphatic rings. The third-order valence-corrected chi connectivity index (χ3v) is 1.67. The number of hydrogen-bond acceptors (Lipinski definition) is 1. The van der Waals surface area contributed by atoms with Crippen LogP contribution in [0.4, 0.5) is 8.78 Å². The largest absolute Gasteiger partial charge is 0.432 e. The average molecular weight is 186 g/mol. The first-order valence-corrected chi connectivity index (χ1v) is 4.14. The monoisotopic (exact) mass is 186 g/mol. The number of halogens is 2. The molecule has 0 spiro atoms. The van der Waals surface area contributed by atoms with Crippen molar-refractivity contribution in [2.45, 2.75) is 20.0 Å². The zero-order valence-electron chi connectivity index (χ0n) is 7.63. The summed E-state index contributed by atoms with van der Waals surface area (Å²) in [5.41, 5.74) is 0. The van der Waals surface area contributed by atoms with Crippen molar-refractivity contribution in [3.63, 3.8) is 0 Å². The molecule has 72 valence electrons. The lowest BCUT2D eigenvalue weighted by atomic mass is 10.2. The van der Waals surface area contributed by atoms with Crippen molar-refractivity contribution in [2.24, 2.45) is 5.92 Å². The Labute approximate surface area is 76.3 Å². The van der Waals surface area contributed by atoms with Crippen LogP contribution in [0.15, 0.2) is 30.3 Å². The Morgan fingerprint density at radius 3 is 2.15 bits per heavy atom. The van der Waals surface area contributed by atoms with Gasteiger partial charge in [-0.15, -0.1) is 0 Å². The van der Waals surface area contributed by atoms with E-state index in [1.165, 1.54) is 26.0 Å². The van der Waals surface area contributed by atoms with Gasteiger partial charge in [-0.1, -0.05) is 32.0 Å². The van der Waals surface area contributed by atoms with Crippen molar-refractivity contribution in [3.05, 3.63) is 30.3 Å². The molecule has 0 unspecified atom stereocenters. The molecule has 0 N–H and O–H groups in total. The molecule has 3 heteroatoms. The van der Waals surface area contributed by atoms with Gasteiger partial charge in [-0.05, 0) is 12.1 Å². The van der Waals surface area contributed by atoms with Crippen molar-refractivity contribution < 1.29 is 13.5 Å². The second-order valence-electron chi connectivity index (χ2n) is 3.13. The maximum atomic E-state index is 13.0. The van der Waals surface area contributed by atoms with Gasteiger partial charge in [0.1, 0.15) is 5.75 Å². The number of benzene rings is 1. The molecule has 0 saturated heterocycles. The average Bonchev–Trinajstić information content (AvgIpc) is 2.05. The Morgan fingerprint density at radius 1 is 1.15 bits per heavy atom. The SMILES string of the molecule is CC(C)C(F)(F)Oc1ccccc1. The highest BCUT2D eigenvalue weighted by Gasteiger charge is 2.35. The summed E-state index contributed by atoms with van der Waals surface area (Å²) >= 11 is 0. The molecular formula is C10H12F2O.